The SMILES string of the molecule is [2H]C([2H])([2H])c1ccc(-c2c3oc4ccc5cccnc5c4c3cc[n+]2C)c(C)c1. The predicted molar refractivity (Wildman–Crippen MR) is 105 cm³/mol. The lowest BCUT2D eigenvalue weighted by Gasteiger charge is -2.06. The van der Waals surface area contributed by atoms with Crippen LogP contribution in [0.3, 0.4) is 0 Å². The Hall–Kier alpha value is -3.20. The molecule has 3 heteroatoms. The molecule has 0 saturated heterocycles. The van der Waals surface area contributed by atoms with Crippen molar-refractivity contribution in [3.8, 4) is 11.3 Å². The Morgan fingerprint density at radius 3 is 2.88 bits per heavy atom. The van der Waals surface area contributed by atoms with Crippen molar-refractivity contribution in [3.05, 3.63) is 72.1 Å². The first-order valence-electron chi connectivity index (χ1n) is 10.0. The first kappa shape index (κ1) is 12.2. The minimum Gasteiger partial charge on any atom is -0.449 e. The number of hydrogen-bond donors (Lipinski definition) is 0. The fraction of sp³-hybridized carbons (Fsp3) is 0.130. The molecule has 0 aliphatic carbocycles. The molecule has 3 heterocycles. The van der Waals surface area contributed by atoms with E-state index >= 15 is 0 Å². The van der Waals surface area contributed by atoms with E-state index in [2.05, 4.69) is 4.98 Å². The monoisotopic (exact) mass is 342 g/mol. The zero-order valence-electron chi connectivity index (χ0n) is 17.6. The Balaban J connectivity index is 1.85. The van der Waals surface area contributed by atoms with Gasteiger partial charge in [-0.3, -0.25) is 4.98 Å². The van der Waals surface area contributed by atoms with E-state index in [9.17, 15) is 0 Å². The first-order valence-corrected chi connectivity index (χ1v) is 8.55. The Labute approximate surface area is 155 Å². The normalized spacial score (nSPS) is 13.8. The van der Waals surface area contributed by atoms with E-state index in [1.165, 1.54) is 0 Å². The fourth-order valence-electron chi connectivity index (χ4n) is 3.75. The lowest BCUT2D eigenvalue weighted by Crippen LogP contribution is -2.30. The lowest BCUT2D eigenvalue weighted by atomic mass is 10.0. The van der Waals surface area contributed by atoms with Crippen molar-refractivity contribution in [3.63, 3.8) is 0 Å². The molecule has 0 bridgehead atoms. The summed E-state index contributed by atoms with van der Waals surface area (Å²) in [4.78, 5) is 4.58. The summed E-state index contributed by atoms with van der Waals surface area (Å²) in [5.74, 6) is 0. The van der Waals surface area contributed by atoms with Gasteiger partial charge in [0.25, 0.3) is 5.69 Å². The van der Waals surface area contributed by atoms with E-state index in [4.69, 9.17) is 8.53 Å². The van der Waals surface area contributed by atoms with Crippen LogP contribution in [0.1, 0.15) is 15.2 Å². The van der Waals surface area contributed by atoms with E-state index in [0.717, 1.165) is 49.7 Å². The molecule has 0 N–H and O–H groups in total. The number of fused-ring (bicyclic) bond motifs is 5. The number of furan rings is 1. The highest BCUT2D eigenvalue weighted by molar-refractivity contribution is 6.18. The average molecular weight is 342 g/mol. The summed E-state index contributed by atoms with van der Waals surface area (Å²) in [5, 5.41) is 3.06. The van der Waals surface area contributed by atoms with E-state index < -0.39 is 6.85 Å². The number of aromatic nitrogens is 2. The Morgan fingerprint density at radius 1 is 1.12 bits per heavy atom. The largest absolute Gasteiger partial charge is 0.449 e. The highest BCUT2D eigenvalue weighted by Gasteiger charge is 2.23. The number of rotatable bonds is 1. The minimum atomic E-state index is -2.12. The van der Waals surface area contributed by atoms with Gasteiger partial charge in [-0.1, -0.05) is 23.8 Å². The average Bonchev–Trinajstić information content (AvgIpc) is 3.06. The quantitative estimate of drug-likeness (QED) is 0.390. The number of benzene rings is 2. The zero-order valence-corrected chi connectivity index (χ0v) is 14.6. The van der Waals surface area contributed by atoms with E-state index in [-0.39, 0.29) is 0 Å². The molecule has 0 aliphatic rings. The summed E-state index contributed by atoms with van der Waals surface area (Å²) in [6.07, 6.45) is 3.80. The highest BCUT2D eigenvalue weighted by atomic mass is 16.3. The Morgan fingerprint density at radius 2 is 2.04 bits per heavy atom. The van der Waals surface area contributed by atoms with Gasteiger partial charge in [-0.05, 0) is 43.6 Å². The predicted octanol–water partition coefficient (Wildman–Crippen LogP) is 5.24. The number of aryl methyl sites for hydroxylation is 3. The lowest BCUT2D eigenvalue weighted by molar-refractivity contribution is -0.659. The molecule has 0 spiro atoms. The summed E-state index contributed by atoms with van der Waals surface area (Å²) >= 11 is 0. The van der Waals surface area contributed by atoms with Crippen LogP contribution in [0.15, 0.2) is 65.3 Å². The van der Waals surface area contributed by atoms with Crippen LogP contribution >= 0.6 is 0 Å². The molecule has 3 aromatic heterocycles. The Kier molecular flexibility index (Phi) is 2.53. The number of pyridine rings is 2. The molecule has 0 fully saturated rings. The van der Waals surface area contributed by atoms with Crippen molar-refractivity contribution < 1.29 is 13.1 Å². The summed E-state index contributed by atoms with van der Waals surface area (Å²) in [6, 6.07) is 15.3. The van der Waals surface area contributed by atoms with E-state index in [1.807, 2.05) is 61.1 Å². The van der Waals surface area contributed by atoms with Gasteiger partial charge >= 0.3 is 0 Å². The third-order valence-electron chi connectivity index (χ3n) is 4.98. The van der Waals surface area contributed by atoms with Crippen LogP contribution < -0.4 is 4.57 Å². The molecular formula is C23H19N2O+. The second-order valence-electron chi connectivity index (χ2n) is 6.66. The smallest absolute Gasteiger partial charge is 0.256 e. The van der Waals surface area contributed by atoms with Crippen LogP contribution in [0, 0.1) is 13.8 Å². The molecular weight excluding hydrogens is 320 g/mol. The molecule has 0 saturated carbocycles. The molecule has 5 rings (SSSR count). The van der Waals surface area contributed by atoms with Gasteiger partial charge in [0, 0.05) is 27.1 Å². The van der Waals surface area contributed by atoms with Crippen molar-refractivity contribution in [1.29, 1.82) is 0 Å². The standard InChI is InChI=1S/C23H19N2O/c1-14-6-8-17(15(2)13-14)22-23-18(10-12-25(22)3)20-19(26-23)9-7-16-5-4-11-24-21(16)20/h4-13H,1-3H3/q+1/i1D3. The molecule has 5 aromatic rings. The van der Waals surface area contributed by atoms with Crippen LogP contribution in [0.2, 0.25) is 0 Å². The van der Waals surface area contributed by atoms with Crippen molar-refractivity contribution >= 4 is 32.8 Å². The second-order valence-corrected chi connectivity index (χ2v) is 6.66. The molecule has 3 nitrogen and oxygen atoms in total. The van der Waals surface area contributed by atoms with Crippen LogP contribution in [-0.2, 0) is 7.05 Å². The van der Waals surface area contributed by atoms with Gasteiger partial charge < -0.3 is 4.42 Å². The van der Waals surface area contributed by atoms with Gasteiger partial charge in [-0.15, -0.1) is 0 Å². The Bertz CT molecular complexity index is 1420. The van der Waals surface area contributed by atoms with Crippen LogP contribution in [0.5, 0.6) is 0 Å². The van der Waals surface area contributed by atoms with Crippen molar-refractivity contribution in [2.45, 2.75) is 13.8 Å². The minimum absolute atomic E-state index is 0.341. The van der Waals surface area contributed by atoms with Crippen molar-refractivity contribution in [2.24, 2.45) is 7.05 Å². The molecule has 0 atom stereocenters. The third-order valence-corrected chi connectivity index (χ3v) is 4.98. The summed E-state index contributed by atoms with van der Waals surface area (Å²) in [6.45, 7) is -0.190. The summed E-state index contributed by atoms with van der Waals surface area (Å²) in [5.41, 5.74) is 5.57. The van der Waals surface area contributed by atoms with Crippen molar-refractivity contribution in [1.82, 2.24) is 4.98 Å². The topological polar surface area (TPSA) is 29.9 Å². The molecule has 0 unspecified atom stereocenters. The highest BCUT2D eigenvalue weighted by Crippen LogP contribution is 2.37. The summed E-state index contributed by atoms with van der Waals surface area (Å²) in [7, 11) is 1.97. The van der Waals surface area contributed by atoms with Gasteiger partial charge in [0.05, 0.1) is 16.5 Å². The molecule has 126 valence electrons. The molecule has 0 amide bonds. The van der Waals surface area contributed by atoms with Gasteiger partial charge in [-0.25, -0.2) is 0 Å². The maximum Gasteiger partial charge on any atom is 0.256 e. The van der Waals surface area contributed by atoms with E-state index in [0.29, 0.717) is 5.56 Å². The van der Waals surface area contributed by atoms with Crippen LogP contribution in [0.4, 0.5) is 0 Å². The summed E-state index contributed by atoms with van der Waals surface area (Å²) < 4.78 is 31.3. The maximum absolute atomic E-state index is 7.67. The zero-order chi connectivity index (χ0) is 20.3. The molecule has 26 heavy (non-hydrogen) atoms. The fourth-order valence-corrected chi connectivity index (χ4v) is 3.75. The van der Waals surface area contributed by atoms with Crippen molar-refractivity contribution in [2.75, 3.05) is 0 Å². The van der Waals surface area contributed by atoms with Gasteiger partial charge in [0.2, 0.25) is 5.58 Å². The second kappa shape index (κ2) is 5.40. The molecule has 2 aromatic carbocycles. The van der Waals surface area contributed by atoms with Gasteiger partial charge in [0.15, 0.2) is 6.20 Å². The van der Waals surface area contributed by atoms with Crippen LogP contribution in [-0.4, -0.2) is 4.98 Å². The van der Waals surface area contributed by atoms with E-state index in [1.54, 1.807) is 18.3 Å². The maximum atomic E-state index is 7.67. The first-order chi connectivity index (χ1) is 13.8. The third kappa shape index (κ3) is 2.07. The molecule has 0 radical (unpaired) electrons. The number of nitrogens with zero attached hydrogens (tertiary/aromatic N) is 2. The van der Waals surface area contributed by atoms with Gasteiger partial charge in [0.1, 0.15) is 12.6 Å². The van der Waals surface area contributed by atoms with Crippen LogP contribution in [0.25, 0.3) is 44.1 Å². The van der Waals surface area contributed by atoms with Gasteiger partial charge in [-0.2, -0.15) is 4.57 Å². The number of hydrogen-bond acceptors (Lipinski definition) is 2. The molecule has 0 aliphatic heterocycles.